The van der Waals surface area contributed by atoms with Crippen LogP contribution in [0.1, 0.15) is 33.8 Å². The molecule has 6 heteroatoms. The maximum absolute atomic E-state index is 14.4. The molecular formula is C25H28FN3OS. The Labute approximate surface area is 187 Å². The lowest BCUT2D eigenvalue weighted by atomic mass is 9.84. The minimum Gasteiger partial charge on any atom is -0.337 e. The van der Waals surface area contributed by atoms with Crippen molar-refractivity contribution in [1.29, 1.82) is 0 Å². The fourth-order valence-corrected chi connectivity index (χ4v) is 5.16. The molecule has 1 fully saturated rings. The van der Waals surface area contributed by atoms with Crippen LogP contribution in [0.15, 0.2) is 66.2 Å². The smallest absolute Gasteiger partial charge is 0.263 e. The van der Waals surface area contributed by atoms with Crippen LogP contribution in [-0.4, -0.2) is 46.9 Å². The maximum Gasteiger partial charge on any atom is 0.263 e. The number of hydrogen-bond donors (Lipinski definition) is 0. The van der Waals surface area contributed by atoms with Crippen LogP contribution in [0.2, 0.25) is 0 Å². The number of aromatic nitrogens is 1. The average molecular weight is 438 g/mol. The molecule has 1 aliphatic heterocycles. The van der Waals surface area contributed by atoms with Crippen molar-refractivity contribution in [3.8, 4) is 0 Å². The molecule has 0 radical (unpaired) electrons. The van der Waals surface area contributed by atoms with Crippen molar-refractivity contribution in [2.24, 2.45) is 5.92 Å². The molecule has 3 aromatic rings. The number of piperidine rings is 1. The molecule has 1 atom stereocenters. The number of likely N-dealkylation sites (tertiary alicyclic amines) is 1. The second-order valence-corrected chi connectivity index (χ2v) is 9.14. The molecule has 0 spiro atoms. The van der Waals surface area contributed by atoms with Crippen LogP contribution >= 0.6 is 11.3 Å². The molecule has 0 N–H and O–H groups in total. The van der Waals surface area contributed by atoms with Crippen LogP contribution in [-0.2, 0) is 13.0 Å². The summed E-state index contributed by atoms with van der Waals surface area (Å²) in [4.78, 5) is 22.5. The van der Waals surface area contributed by atoms with E-state index >= 15 is 0 Å². The molecule has 1 unspecified atom stereocenters. The van der Waals surface area contributed by atoms with E-state index in [0.29, 0.717) is 17.9 Å². The van der Waals surface area contributed by atoms with Gasteiger partial charge in [0.15, 0.2) is 0 Å². The zero-order chi connectivity index (χ0) is 21.6. The predicted molar refractivity (Wildman–Crippen MR) is 123 cm³/mol. The van der Waals surface area contributed by atoms with Gasteiger partial charge < -0.3 is 4.90 Å². The highest BCUT2D eigenvalue weighted by atomic mass is 32.1. The number of halogens is 1. The summed E-state index contributed by atoms with van der Waals surface area (Å²) in [6.45, 7) is 2.75. The minimum atomic E-state index is -0.197. The summed E-state index contributed by atoms with van der Waals surface area (Å²) in [5.41, 5.74) is 1.75. The second kappa shape index (κ2) is 10.2. The Morgan fingerprint density at radius 1 is 1.16 bits per heavy atom. The second-order valence-electron chi connectivity index (χ2n) is 8.19. The first kappa shape index (κ1) is 21.7. The van der Waals surface area contributed by atoms with Crippen LogP contribution < -0.4 is 0 Å². The molecule has 0 aliphatic carbocycles. The fraction of sp³-hybridized carbons (Fsp3) is 0.360. The molecule has 162 valence electrons. The zero-order valence-corrected chi connectivity index (χ0v) is 18.6. The van der Waals surface area contributed by atoms with Crippen LogP contribution in [0.4, 0.5) is 4.39 Å². The lowest BCUT2D eigenvalue weighted by molar-refractivity contribution is 0.0587. The number of benzene rings is 1. The highest BCUT2D eigenvalue weighted by Crippen LogP contribution is 2.29. The van der Waals surface area contributed by atoms with E-state index in [1.807, 2.05) is 59.9 Å². The molecule has 1 saturated heterocycles. The van der Waals surface area contributed by atoms with Crippen molar-refractivity contribution in [3.63, 3.8) is 0 Å². The number of carbonyl (C=O) groups is 1. The highest BCUT2D eigenvalue weighted by Gasteiger charge is 2.32. The summed E-state index contributed by atoms with van der Waals surface area (Å²) in [6.07, 6.45) is 4.32. The number of hydrogen-bond acceptors (Lipinski definition) is 4. The van der Waals surface area contributed by atoms with E-state index in [9.17, 15) is 9.18 Å². The van der Waals surface area contributed by atoms with Gasteiger partial charge in [-0.2, -0.15) is 0 Å². The van der Waals surface area contributed by atoms with E-state index < -0.39 is 0 Å². The quantitative estimate of drug-likeness (QED) is 0.529. The summed E-state index contributed by atoms with van der Waals surface area (Å²) in [5, 5.41) is 1.92. The van der Waals surface area contributed by atoms with Crippen molar-refractivity contribution in [1.82, 2.24) is 14.8 Å². The molecule has 1 amide bonds. The number of amides is 1. The lowest BCUT2D eigenvalue weighted by Gasteiger charge is -2.40. The van der Waals surface area contributed by atoms with Crippen molar-refractivity contribution < 1.29 is 9.18 Å². The van der Waals surface area contributed by atoms with Gasteiger partial charge >= 0.3 is 0 Å². The van der Waals surface area contributed by atoms with Gasteiger partial charge in [0, 0.05) is 25.8 Å². The summed E-state index contributed by atoms with van der Waals surface area (Å²) < 4.78 is 14.4. The third-order valence-electron chi connectivity index (χ3n) is 6.22. The molecular weight excluding hydrogens is 409 g/mol. The Balaban J connectivity index is 1.48. The number of likely N-dealkylation sites (N-methyl/N-ethyl adjacent to an activating group) is 1. The van der Waals surface area contributed by atoms with Crippen molar-refractivity contribution in [3.05, 3.63) is 88.1 Å². The monoisotopic (exact) mass is 437 g/mol. The highest BCUT2D eigenvalue weighted by molar-refractivity contribution is 7.12. The van der Waals surface area contributed by atoms with Gasteiger partial charge in [0.2, 0.25) is 0 Å². The fourth-order valence-electron chi connectivity index (χ4n) is 4.45. The Hall–Kier alpha value is -2.57. The third kappa shape index (κ3) is 5.38. The number of pyridine rings is 1. The first-order valence-corrected chi connectivity index (χ1v) is 11.7. The molecule has 1 aliphatic rings. The molecule has 31 heavy (non-hydrogen) atoms. The molecule has 4 rings (SSSR count). The van der Waals surface area contributed by atoms with Gasteiger partial charge in [-0.25, -0.2) is 4.39 Å². The Morgan fingerprint density at radius 3 is 2.61 bits per heavy atom. The van der Waals surface area contributed by atoms with E-state index in [0.717, 1.165) is 43.0 Å². The van der Waals surface area contributed by atoms with Crippen LogP contribution in [0, 0.1) is 11.7 Å². The van der Waals surface area contributed by atoms with Gasteiger partial charge in [-0.3, -0.25) is 14.7 Å². The predicted octanol–water partition coefficient (Wildman–Crippen LogP) is 4.88. The van der Waals surface area contributed by atoms with E-state index in [4.69, 9.17) is 0 Å². The van der Waals surface area contributed by atoms with E-state index in [-0.39, 0.29) is 17.8 Å². The first-order chi connectivity index (χ1) is 15.1. The number of nitrogens with zero attached hydrogens (tertiary/aromatic N) is 3. The summed E-state index contributed by atoms with van der Waals surface area (Å²) in [7, 11) is 1.87. The van der Waals surface area contributed by atoms with E-state index in [1.54, 1.807) is 6.07 Å². The van der Waals surface area contributed by atoms with Gasteiger partial charge in [0.1, 0.15) is 5.82 Å². The van der Waals surface area contributed by atoms with Crippen LogP contribution in [0.25, 0.3) is 0 Å². The van der Waals surface area contributed by atoms with Gasteiger partial charge in [0.25, 0.3) is 5.91 Å². The van der Waals surface area contributed by atoms with Crippen LogP contribution in [0.5, 0.6) is 0 Å². The Morgan fingerprint density at radius 2 is 1.94 bits per heavy atom. The normalized spacial score (nSPS) is 16.2. The van der Waals surface area contributed by atoms with Gasteiger partial charge in [-0.15, -0.1) is 11.3 Å². The molecule has 4 nitrogen and oxygen atoms in total. The van der Waals surface area contributed by atoms with Gasteiger partial charge in [0.05, 0.1) is 10.6 Å². The molecule has 1 aromatic carbocycles. The average Bonchev–Trinajstić information content (AvgIpc) is 3.34. The van der Waals surface area contributed by atoms with Crippen molar-refractivity contribution >= 4 is 17.2 Å². The lowest BCUT2D eigenvalue weighted by Crippen LogP contribution is -2.47. The third-order valence-corrected chi connectivity index (χ3v) is 7.08. The largest absolute Gasteiger partial charge is 0.337 e. The van der Waals surface area contributed by atoms with Crippen molar-refractivity contribution in [2.45, 2.75) is 31.8 Å². The van der Waals surface area contributed by atoms with E-state index in [1.165, 1.54) is 17.4 Å². The zero-order valence-electron chi connectivity index (χ0n) is 17.8. The maximum atomic E-state index is 14.4. The first-order valence-electron chi connectivity index (χ1n) is 10.8. The minimum absolute atomic E-state index is 0.0206. The van der Waals surface area contributed by atoms with E-state index in [2.05, 4.69) is 16.0 Å². The van der Waals surface area contributed by atoms with Crippen LogP contribution in [0.3, 0.4) is 0 Å². The molecule has 0 bridgehead atoms. The number of rotatable bonds is 7. The number of thiophene rings is 1. The Kier molecular flexibility index (Phi) is 7.10. The molecule has 3 heterocycles. The summed E-state index contributed by atoms with van der Waals surface area (Å²) in [5.74, 6) is 0.151. The molecule has 2 aromatic heterocycles. The molecule has 0 saturated carbocycles. The van der Waals surface area contributed by atoms with Gasteiger partial charge in [-0.05, 0) is 73.5 Å². The summed E-state index contributed by atoms with van der Waals surface area (Å²) >= 11 is 1.45. The SMILES string of the molecule is CN(C(=O)c1cccs1)C(Cc1ccccc1F)C1CCN(Cc2ccccn2)CC1. The van der Waals surface area contributed by atoms with Crippen molar-refractivity contribution in [2.75, 3.05) is 20.1 Å². The Bertz CT molecular complexity index is 971. The topological polar surface area (TPSA) is 36.4 Å². The number of carbonyl (C=O) groups excluding carboxylic acids is 1. The standard InChI is InChI=1S/C25H28FN3OS/c1-28(25(30)24-10-6-16-31-24)23(17-20-7-2-3-9-22(20)26)19-11-14-29(15-12-19)18-21-8-4-5-13-27-21/h2-10,13,16,19,23H,11-12,14-15,17-18H2,1H3. The summed E-state index contributed by atoms with van der Waals surface area (Å²) in [6, 6.07) is 16.6. The van der Waals surface area contributed by atoms with Gasteiger partial charge in [-0.1, -0.05) is 30.3 Å².